The Labute approximate surface area is 85.8 Å². The second-order valence-corrected chi connectivity index (χ2v) is 5.23. The summed E-state index contributed by atoms with van der Waals surface area (Å²) in [4.78, 5) is 5.13. The van der Waals surface area contributed by atoms with Crippen molar-refractivity contribution < 1.29 is 0 Å². The fourth-order valence-corrected chi connectivity index (χ4v) is 2.97. The summed E-state index contributed by atoms with van der Waals surface area (Å²) in [6.07, 6.45) is 5.43. The maximum Gasteiger partial charge on any atom is 0.139 e. The Kier molecular flexibility index (Phi) is 2.79. The van der Waals surface area contributed by atoms with Gasteiger partial charge in [-0.25, -0.2) is 10.8 Å². The third kappa shape index (κ3) is 1.78. The predicted octanol–water partition coefficient (Wildman–Crippen LogP) is 1.66. The first-order valence-corrected chi connectivity index (χ1v) is 5.97. The van der Waals surface area contributed by atoms with Crippen LogP contribution in [0.25, 0.3) is 0 Å². The molecule has 1 aliphatic carbocycles. The van der Waals surface area contributed by atoms with E-state index in [0.717, 1.165) is 4.90 Å². The van der Waals surface area contributed by atoms with Gasteiger partial charge in [-0.1, -0.05) is 17.1 Å². The molecule has 1 unspecified atom stereocenters. The Morgan fingerprint density at radius 1 is 1.50 bits per heavy atom. The molecule has 0 aromatic carbocycles. The van der Waals surface area contributed by atoms with Crippen molar-refractivity contribution in [2.75, 3.05) is 5.43 Å². The largest absolute Gasteiger partial charge is 0.308 e. The van der Waals surface area contributed by atoms with Crippen LogP contribution in [0, 0.1) is 4.78 Å². The zero-order valence-corrected chi connectivity index (χ0v) is 8.68. The zero-order chi connectivity index (χ0) is 9.97. The van der Waals surface area contributed by atoms with Gasteiger partial charge in [0.05, 0.1) is 0 Å². The van der Waals surface area contributed by atoms with E-state index in [1.54, 1.807) is 6.20 Å². The predicted molar refractivity (Wildman–Crippen MR) is 58.0 cm³/mol. The molecule has 5 heteroatoms. The van der Waals surface area contributed by atoms with E-state index in [1.807, 2.05) is 12.1 Å². The van der Waals surface area contributed by atoms with E-state index < -0.39 is 0 Å². The van der Waals surface area contributed by atoms with Crippen molar-refractivity contribution in [1.82, 2.24) is 4.98 Å². The molecular formula is C9H14N4S. The number of anilines is 1. The van der Waals surface area contributed by atoms with E-state index in [4.69, 9.17) is 10.6 Å². The van der Waals surface area contributed by atoms with Crippen LogP contribution in [0.15, 0.2) is 23.2 Å². The Bertz CT molecular complexity index is 331. The smallest absolute Gasteiger partial charge is 0.139 e. The summed E-state index contributed by atoms with van der Waals surface area (Å²) >= 11 is 0. The minimum Gasteiger partial charge on any atom is -0.308 e. The molecule has 0 bridgehead atoms. The number of aromatic nitrogens is 1. The van der Waals surface area contributed by atoms with Crippen LogP contribution < -0.4 is 11.3 Å². The van der Waals surface area contributed by atoms with E-state index >= 15 is 0 Å². The van der Waals surface area contributed by atoms with Crippen molar-refractivity contribution in [1.29, 1.82) is 4.78 Å². The van der Waals surface area contributed by atoms with E-state index in [9.17, 15) is 0 Å². The van der Waals surface area contributed by atoms with Crippen molar-refractivity contribution >= 4 is 16.5 Å². The number of hydrogen-bond donors (Lipinski definition) is 3. The maximum absolute atomic E-state index is 8.03. The van der Waals surface area contributed by atoms with Crippen LogP contribution in [-0.2, 0) is 10.7 Å². The van der Waals surface area contributed by atoms with Crippen molar-refractivity contribution in [3.63, 3.8) is 0 Å². The number of nitrogens with two attached hydrogens (primary N) is 1. The molecular weight excluding hydrogens is 196 g/mol. The highest BCUT2D eigenvalue weighted by Crippen LogP contribution is 2.28. The Balaban J connectivity index is 2.11. The third-order valence-corrected chi connectivity index (χ3v) is 4.41. The minimum absolute atomic E-state index is 0.383. The van der Waals surface area contributed by atoms with Gasteiger partial charge in [0.25, 0.3) is 0 Å². The van der Waals surface area contributed by atoms with Crippen LogP contribution in [0.2, 0.25) is 0 Å². The fourth-order valence-electron chi connectivity index (χ4n) is 1.39. The van der Waals surface area contributed by atoms with E-state index in [-0.39, 0.29) is 10.7 Å². The molecule has 1 heterocycles. The highest BCUT2D eigenvalue weighted by Gasteiger charge is 2.22. The number of hydrogen-bond acceptors (Lipinski definition) is 4. The van der Waals surface area contributed by atoms with Crippen LogP contribution in [0.1, 0.15) is 19.3 Å². The van der Waals surface area contributed by atoms with Gasteiger partial charge in [0.2, 0.25) is 0 Å². The molecule has 1 atom stereocenters. The molecule has 4 nitrogen and oxygen atoms in total. The lowest BCUT2D eigenvalue weighted by Crippen LogP contribution is -2.22. The SMILES string of the molecule is N=S(c1ccc(NN)nc1)C1CCC1. The lowest BCUT2D eigenvalue weighted by molar-refractivity contribution is 0.518. The molecule has 1 fully saturated rings. The number of nitrogens with zero attached hydrogens (tertiary/aromatic N) is 1. The van der Waals surface area contributed by atoms with Gasteiger partial charge >= 0.3 is 0 Å². The van der Waals surface area contributed by atoms with Crippen LogP contribution in [0.3, 0.4) is 0 Å². The Hall–Kier alpha value is -0.940. The molecule has 4 N–H and O–H groups in total. The summed E-state index contributed by atoms with van der Waals surface area (Å²) in [6, 6.07) is 3.76. The molecule has 2 rings (SSSR count). The maximum atomic E-state index is 8.03. The number of rotatable bonds is 3. The number of nitrogen functional groups attached to an aromatic ring is 1. The van der Waals surface area contributed by atoms with Crippen molar-refractivity contribution in [2.24, 2.45) is 5.84 Å². The molecule has 1 aromatic rings. The van der Waals surface area contributed by atoms with Gasteiger partial charge in [0, 0.05) is 16.3 Å². The van der Waals surface area contributed by atoms with Gasteiger partial charge in [-0.2, -0.15) is 0 Å². The second kappa shape index (κ2) is 4.06. The van der Waals surface area contributed by atoms with Gasteiger partial charge in [0.1, 0.15) is 5.82 Å². The Morgan fingerprint density at radius 3 is 2.71 bits per heavy atom. The zero-order valence-electron chi connectivity index (χ0n) is 7.86. The molecule has 1 aliphatic rings. The van der Waals surface area contributed by atoms with Crippen LogP contribution >= 0.6 is 0 Å². The molecule has 0 aliphatic heterocycles. The molecule has 0 radical (unpaired) electrons. The van der Waals surface area contributed by atoms with Crippen LogP contribution in [0.4, 0.5) is 5.82 Å². The summed E-state index contributed by atoms with van der Waals surface area (Å²) in [5.74, 6) is 5.87. The average molecular weight is 210 g/mol. The molecule has 0 amide bonds. The fraction of sp³-hybridized carbons (Fsp3) is 0.444. The number of pyridine rings is 1. The van der Waals surface area contributed by atoms with Crippen molar-refractivity contribution in [2.45, 2.75) is 29.4 Å². The van der Waals surface area contributed by atoms with Gasteiger partial charge in [-0.05, 0) is 25.0 Å². The molecule has 76 valence electrons. The Morgan fingerprint density at radius 2 is 2.29 bits per heavy atom. The third-order valence-electron chi connectivity index (χ3n) is 2.52. The monoisotopic (exact) mass is 210 g/mol. The summed E-state index contributed by atoms with van der Waals surface area (Å²) in [6.45, 7) is 0. The average Bonchev–Trinajstić information content (AvgIpc) is 2.15. The number of hydrazine groups is 1. The summed E-state index contributed by atoms with van der Waals surface area (Å²) in [5.41, 5.74) is 2.48. The lowest BCUT2D eigenvalue weighted by Gasteiger charge is -2.26. The first-order chi connectivity index (χ1) is 6.81. The lowest BCUT2D eigenvalue weighted by atomic mass is 10.0. The summed E-state index contributed by atoms with van der Waals surface area (Å²) < 4.78 is 8.03. The summed E-state index contributed by atoms with van der Waals surface area (Å²) in [5, 5.41) is 0.563. The highest BCUT2D eigenvalue weighted by atomic mass is 32.2. The highest BCUT2D eigenvalue weighted by molar-refractivity contribution is 7.86. The molecule has 1 aromatic heterocycles. The molecule has 0 spiro atoms. The number of nitrogens with one attached hydrogen (secondary N) is 2. The quantitative estimate of drug-likeness (QED) is 0.524. The second-order valence-electron chi connectivity index (χ2n) is 3.41. The van der Waals surface area contributed by atoms with Gasteiger partial charge < -0.3 is 5.43 Å². The minimum atomic E-state index is -0.383. The molecule has 14 heavy (non-hydrogen) atoms. The first-order valence-electron chi connectivity index (χ1n) is 4.68. The van der Waals surface area contributed by atoms with Gasteiger partial charge in [-0.15, -0.1) is 0 Å². The standard InChI is InChI=1S/C9H14N4S/c10-13-9-5-4-8(6-12-9)14(11)7-2-1-3-7/h4-7,11H,1-3,10H2,(H,12,13). The van der Waals surface area contributed by atoms with Gasteiger partial charge in [-0.3, -0.25) is 4.78 Å². The van der Waals surface area contributed by atoms with E-state index in [2.05, 4.69) is 10.4 Å². The van der Waals surface area contributed by atoms with Crippen molar-refractivity contribution in [3.8, 4) is 0 Å². The van der Waals surface area contributed by atoms with E-state index in [0.29, 0.717) is 11.1 Å². The normalized spacial score (nSPS) is 18.6. The van der Waals surface area contributed by atoms with E-state index in [1.165, 1.54) is 19.3 Å². The summed E-state index contributed by atoms with van der Waals surface area (Å²) in [7, 11) is -0.383. The molecule has 0 saturated heterocycles. The van der Waals surface area contributed by atoms with Crippen LogP contribution in [0.5, 0.6) is 0 Å². The molecule has 1 saturated carbocycles. The van der Waals surface area contributed by atoms with Crippen LogP contribution in [-0.4, -0.2) is 10.2 Å². The topological polar surface area (TPSA) is 74.8 Å². The van der Waals surface area contributed by atoms with Crippen molar-refractivity contribution in [3.05, 3.63) is 18.3 Å². The van der Waals surface area contributed by atoms with Gasteiger partial charge in [0.15, 0.2) is 0 Å². The first kappa shape index (κ1) is 9.61.